The standard InChI is InChI=1S/C17H18ClNO4/c1-21-13-8-14(22-2)16(15(9-13)23-3)17(20)19-10-11-4-6-12(18)7-5-11/h4-9H,10H2,1-3H3,(H,19,20). The fraction of sp³-hybridized carbons (Fsp3) is 0.235. The van der Waals surface area contributed by atoms with Crippen LogP contribution in [0, 0.1) is 0 Å². The van der Waals surface area contributed by atoms with Gasteiger partial charge in [-0.05, 0) is 17.7 Å². The number of benzene rings is 2. The molecule has 0 saturated carbocycles. The smallest absolute Gasteiger partial charge is 0.259 e. The molecule has 0 unspecified atom stereocenters. The maximum absolute atomic E-state index is 12.5. The lowest BCUT2D eigenvalue weighted by Gasteiger charge is -2.15. The number of hydrogen-bond donors (Lipinski definition) is 1. The molecule has 0 fully saturated rings. The molecule has 0 atom stereocenters. The minimum atomic E-state index is -0.295. The number of rotatable bonds is 6. The van der Waals surface area contributed by atoms with Gasteiger partial charge >= 0.3 is 0 Å². The summed E-state index contributed by atoms with van der Waals surface area (Å²) in [6, 6.07) is 10.5. The Balaban J connectivity index is 2.22. The first-order valence-corrected chi connectivity index (χ1v) is 7.29. The number of nitrogens with one attached hydrogen (secondary N) is 1. The average molecular weight is 336 g/mol. The second-order valence-electron chi connectivity index (χ2n) is 4.72. The highest BCUT2D eigenvalue weighted by atomic mass is 35.5. The number of hydrogen-bond acceptors (Lipinski definition) is 4. The lowest BCUT2D eigenvalue weighted by Crippen LogP contribution is -2.24. The van der Waals surface area contributed by atoms with Crippen LogP contribution in [-0.2, 0) is 6.54 Å². The van der Waals surface area contributed by atoms with Gasteiger partial charge in [0.15, 0.2) is 0 Å². The van der Waals surface area contributed by atoms with Gasteiger partial charge in [0, 0.05) is 23.7 Å². The van der Waals surface area contributed by atoms with Gasteiger partial charge in [0.2, 0.25) is 0 Å². The summed E-state index contributed by atoms with van der Waals surface area (Å²) in [7, 11) is 4.52. The highest BCUT2D eigenvalue weighted by Gasteiger charge is 2.20. The van der Waals surface area contributed by atoms with Gasteiger partial charge in [-0.2, -0.15) is 0 Å². The molecule has 2 rings (SSSR count). The molecule has 0 saturated heterocycles. The summed E-state index contributed by atoms with van der Waals surface area (Å²) in [5.74, 6) is 1.02. The van der Waals surface area contributed by atoms with Crippen LogP contribution < -0.4 is 19.5 Å². The second-order valence-corrected chi connectivity index (χ2v) is 5.15. The quantitative estimate of drug-likeness (QED) is 0.880. The molecule has 23 heavy (non-hydrogen) atoms. The zero-order valence-corrected chi connectivity index (χ0v) is 13.9. The highest BCUT2D eigenvalue weighted by molar-refractivity contribution is 6.30. The number of methoxy groups -OCH3 is 3. The molecule has 0 aliphatic carbocycles. The molecule has 0 aliphatic rings. The van der Waals surface area contributed by atoms with E-state index in [1.807, 2.05) is 12.1 Å². The normalized spacial score (nSPS) is 10.1. The first-order chi connectivity index (χ1) is 11.1. The highest BCUT2D eigenvalue weighted by Crippen LogP contribution is 2.33. The Morgan fingerprint density at radius 3 is 2.04 bits per heavy atom. The molecule has 0 radical (unpaired) electrons. The van der Waals surface area contributed by atoms with Crippen molar-refractivity contribution in [3.8, 4) is 17.2 Å². The van der Waals surface area contributed by atoms with E-state index in [1.54, 1.807) is 24.3 Å². The molecule has 122 valence electrons. The molecule has 2 aromatic carbocycles. The predicted molar refractivity (Wildman–Crippen MR) is 88.7 cm³/mol. The third kappa shape index (κ3) is 4.07. The van der Waals surface area contributed by atoms with E-state index in [0.29, 0.717) is 34.4 Å². The van der Waals surface area contributed by atoms with Gasteiger partial charge in [-0.15, -0.1) is 0 Å². The van der Waals surface area contributed by atoms with Crippen LogP contribution in [0.4, 0.5) is 0 Å². The van der Waals surface area contributed by atoms with E-state index < -0.39 is 0 Å². The van der Waals surface area contributed by atoms with Gasteiger partial charge in [0.05, 0.1) is 21.3 Å². The number of carbonyl (C=O) groups is 1. The van der Waals surface area contributed by atoms with Crippen LogP contribution in [0.25, 0.3) is 0 Å². The van der Waals surface area contributed by atoms with Gasteiger partial charge in [-0.25, -0.2) is 0 Å². The summed E-state index contributed by atoms with van der Waals surface area (Å²) in [4.78, 5) is 12.5. The maximum atomic E-state index is 12.5. The summed E-state index contributed by atoms with van der Waals surface area (Å²) < 4.78 is 15.7. The maximum Gasteiger partial charge on any atom is 0.259 e. The van der Waals surface area contributed by atoms with Crippen LogP contribution in [0.15, 0.2) is 36.4 Å². The molecule has 1 N–H and O–H groups in total. The predicted octanol–water partition coefficient (Wildman–Crippen LogP) is 3.30. The molecule has 0 spiro atoms. The summed E-state index contributed by atoms with van der Waals surface area (Å²) in [5.41, 5.74) is 1.26. The van der Waals surface area contributed by atoms with Crippen molar-refractivity contribution < 1.29 is 19.0 Å². The largest absolute Gasteiger partial charge is 0.496 e. The Kier molecular flexibility index (Phi) is 5.71. The number of carbonyl (C=O) groups excluding carboxylic acids is 1. The zero-order chi connectivity index (χ0) is 16.8. The lowest BCUT2D eigenvalue weighted by molar-refractivity contribution is 0.0944. The average Bonchev–Trinajstić information content (AvgIpc) is 2.59. The first kappa shape index (κ1) is 17.0. The molecular formula is C17H18ClNO4. The number of amides is 1. The first-order valence-electron chi connectivity index (χ1n) is 6.91. The summed E-state index contributed by atoms with van der Waals surface area (Å²) in [6.45, 7) is 0.369. The molecule has 0 heterocycles. The zero-order valence-electron chi connectivity index (χ0n) is 13.2. The van der Waals surface area contributed by atoms with E-state index in [-0.39, 0.29) is 5.91 Å². The fourth-order valence-electron chi connectivity index (χ4n) is 2.10. The van der Waals surface area contributed by atoms with Crippen molar-refractivity contribution >= 4 is 17.5 Å². The van der Waals surface area contributed by atoms with Crippen molar-refractivity contribution in [1.82, 2.24) is 5.32 Å². The fourth-order valence-corrected chi connectivity index (χ4v) is 2.23. The van der Waals surface area contributed by atoms with Crippen LogP contribution >= 0.6 is 11.6 Å². The van der Waals surface area contributed by atoms with Gasteiger partial charge < -0.3 is 19.5 Å². The molecule has 0 bridgehead atoms. The summed E-state index contributed by atoms with van der Waals surface area (Å²) in [6.07, 6.45) is 0. The molecule has 1 amide bonds. The van der Waals surface area contributed by atoms with E-state index in [9.17, 15) is 4.79 Å². The minimum absolute atomic E-state index is 0.295. The Morgan fingerprint density at radius 2 is 1.57 bits per heavy atom. The van der Waals surface area contributed by atoms with E-state index in [1.165, 1.54) is 21.3 Å². The SMILES string of the molecule is COc1cc(OC)c(C(=O)NCc2ccc(Cl)cc2)c(OC)c1. The van der Waals surface area contributed by atoms with Crippen molar-refractivity contribution in [2.45, 2.75) is 6.54 Å². The molecule has 5 nitrogen and oxygen atoms in total. The Labute approximate surface area is 140 Å². The van der Waals surface area contributed by atoms with E-state index >= 15 is 0 Å². The van der Waals surface area contributed by atoms with Gasteiger partial charge in [0.1, 0.15) is 22.8 Å². The third-order valence-electron chi connectivity index (χ3n) is 3.31. The van der Waals surface area contributed by atoms with Crippen molar-refractivity contribution in [3.63, 3.8) is 0 Å². The Hall–Kier alpha value is -2.40. The minimum Gasteiger partial charge on any atom is -0.496 e. The van der Waals surface area contributed by atoms with E-state index in [0.717, 1.165) is 5.56 Å². The van der Waals surface area contributed by atoms with Crippen molar-refractivity contribution in [1.29, 1.82) is 0 Å². The number of halogens is 1. The Bertz CT molecular complexity index is 660. The summed E-state index contributed by atoms with van der Waals surface area (Å²) >= 11 is 5.85. The molecule has 0 aromatic heterocycles. The Morgan fingerprint density at radius 1 is 1.00 bits per heavy atom. The lowest BCUT2D eigenvalue weighted by atomic mass is 10.1. The monoisotopic (exact) mass is 335 g/mol. The third-order valence-corrected chi connectivity index (χ3v) is 3.56. The molecule has 6 heteroatoms. The van der Waals surface area contributed by atoms with Crippen molar-refractivity contribution in [2.24, 2.45) is 0 Å². The van der Waals surface area contributed by atoms with Crippen LogP contribution in [0.5, 0.6) is 17.2 Å². The van der Waals surface area contributed by atoms with Gasteiger partial charge in [-0.1, -0.05) is 23.7 Å². The molecule has 2 aromatic rings. The van der Waals surface area contributed by atoms with Crippen LogP contribution in [0.1, 0.15) is 15.9 Å². The van der Waals surface area contributed by atoms with Crippen molar-refractivity contribution in [2.75, 3.05) is 21.3 Å². The molecule has 0 aliphatic heterocycles. The van der Waals surface area contributed by atoms with E-state index in [4.69, 9.17) is 25.8 Å². The van der Waals surface area contributed by atoms with Crippen LogP contribution in [0.3, 0.4) is 0 Å². The topological polar surface area (TPSA) is 56.8 Å². The number of ether oxygens (including phenoxy) is 3. The summed E-state index contributed by atoms with van der Waals surface area (Å²) in [5, 5.41) is 3.49. The molecular weight excluding hydrogens is 318 g/mol. The van der Waals surface area contributed by atoms with Gasteiger partial charge in [-0.3, -0.25) is 4.79 Å². The van der Waals surface area contributed by atoms with E-state index in [2.05, 4.69) is 5.32 Å². The van der Waals surface area contributed by atoms with Gasteiger partial charge in [0.25, 0.3) is 5.91 Å². The van der Waals surface area contributed by atoms with Crippen LogP contribution in [0.2, 0.25) is 5.02 Å². The van der Waals surface area contributed by atoms with Crippen LogP contribution in [-0.4, -0.2) is 27.2 Å². The second kappa shape index (κ2) is 7.74. The van der Waals surface area contributed by atoms with Crippen molar-refractivity contribution in [3.05, 3.63) is 52.5 Å².